The Bertz CT molecular complexity index is 664. The second-order valence-electron chi connectivity index (χ2n) is 4.50. The topological polar surface area (TPSA) is 46.5 Å². The van der Waals surface area contributed by atoms with Crippen LogP contribution < -0.4 is 4.74 Å². The van der Waals surface area contributed by atoms with Gasteiger partial charge in [-0.05, 0) is 23.3 Å². The molecule has 1 heterocycles. The Morgan fingerprint density at radius 3 is 2.84 bits per heavy atom. The molecule has 1 aliphatic heterocycles. The van der Waals surface area contributed by atoms with E-state index in [2.05, 4.69) is 0 Å². The molecule has 3 rings (SSSR count). The number of carboxylic acids is 1. The summed E-state index contributed by atoms with van der Waals surface area (Å²) < 4.78 is 19.2. The maximum atomic E-state index is 13.5. The smallest absolute Gasteiger partial charge is 0.307 e. The highest BCUT2D eigenvalue weighted by molar-refractivity contribution is 5.71. The van der Waals surface area contributed by atoms with Crippen molar-refractivity contribution in [3.8, 4) is 11.5 Å². The number of halogens is 1. The van der Waals surface area contributed by atoms with Gasteiger partial charge in [0.2, 0.25) is 0 Å². The third-order valence-corrected chi connectivity index (χ3v) is 3.17. The van der Waals surface area contributed by atoms with Gasteiger partial charge in [0.1, 0.15) is 17.3 Å². The Kier molecular flexibility index (Phi) is 2.71. The van der Waals surface area contributed by atoms with Crippen LogP contribution in [0.2, 0.25) is 0 Å². The molecule has 0 saturated carbocycles. The second-order valence-corrected chi connectivity index (χ2v) is 4.50. The Labute approximate surface area is 109 Å². The molecule has 2 aromatic rings. The molecule has 0 amide bonds. The molecule has 2 aromatic carbocycles. The molecule has 0 bridgehead atoms. The monoisotopic (exact) mass is 258 g/mol. The normalized spacial score (nSPS) is 12.3. The van der Waals surface area contributed by atoms with Crippen LogP contribution in [-0.2, 0) is 17.6 Å². The number of hydrogen-bond acceptors (Lipinski definition) is 2. The summed E-state index contributed by atoms with van der Waals surface area (Å²) in [6, 6.07) is 10.1. The number of aliphatic carboxylic acids is 1. The standard InChI is InChI=1S/C15H11FO3/c16-11-5-10(7-15(17)18)12-6-9-3-1-2-4-13(9)19-14(12)8-11/h1-5,8H,6-7H2,(H,17,18). The summed E-state index contributed by atoms with van der Waals surface area (Å²) in [6.07, 6.45) is 0.361. The predicted molar refractivity (Wildman–Crippen MR) is 67.1 cm³/mol. The lowest BCUT2D eigenvalue weighted by Gasteiger charge is -2.22. The molecule has 0 spiro atoms. The van der Waals surface area contributed by atoms with E-state index in [4.69, 9.17) is 9.84 Å². The van der Waals surface area contributed by atoms with Gasteiger partial charge in [0.05, 0.1) is 6.42 Å². The number of fused-ring (bicyclic) bond motifs is 2. The molecule has 0 aromatic heterocycles. The second kappa shape index (κ2) is 4.39. The average Bonchev–Trinajstić information content (AvgIpc) is 2.36. The minimum atomic E-state index is -0.980. The van der Waals surface area contributed by atoms with Gasteiger partial charge in [0, 0.05) is 18.1 Å². The maximum absolute atomic E-state index is 13.5. The van der Waals surface area contributed by atoms with Crippen molar-refractivity contribution in [3.05, 3.63) is 58.9 Å². The van der Waals surface area contributed by atoms with Crippen LogP contribution in [0.5, 0.6) is 11.5 Å². The van der Waals surface area contributed by atoms with Gasteiger partial charge in [-0.15, -0.1) is 0 Å². The third-order valence-electron chi connectivity index (χ3n) is 3.17. The van der Waals surface area contributed by atoms with E-state index < -0.39 is 11.8 Å². The minimum absolute atomic E-state index is 0.203. The number of hydrogen-bond donors (Lipinski definition) is 1. The molecule has 4 heteroatoms. The lowest BCUT2D eigenvalue weighted by atomic mass is 9.94. The number of carbonyl (C=O) groups is 1. The fraction of sp³-hybridized carbons (Fsp3) is 0.133. The molecule has 19 heavy (non-hydrogen) atoms. The van der Waals surface area contributed by atoms with Crippen molar-refractivity contribution in [3.63, 3.8) is 0 Å². The highest BCUT2D eigenvalue weighted by Crippen LogP contribution is 2.38. The molecule has 3 nitrogen and oxygen atoms in total. The zero-order chi connectivity index (χ0) is 13.4. The lowest BCUT2D eigenvalue weighted by molar-refractivity contribution is -0.136. The van der Waals surface area contributed by atoms with Crippen LogP contribution in [-0.4, -0.2) is 11.1 Å². The van der Waals surface area contributed by atoms with Crippen molar-refractivity contribution in [1.29, 1.82) is 0 Å². The van der Waals surface area contributed by atoms with E-state index in [-0.39, 0.29) is 6.42 Å². The Morgan fingerprint density at radius 1 is 1.26 bits per heavy atom. The summed E-state index contributed by atoms with van der Waals surface area (Å²) in [7, 11) is 0. The zero-order valence-corrected chi connectivity index (χ0v) is 10.0. The molecule has 0 saturated heterocycles. The van der Waals surface area contributed by atoms with Gasteiger partial charge in [-0.25, -0.2) is 4.39 Å². The highest BCUT2D eigenvalue weighted by atomic mass is 19.1. The van der Waals surface area contributed by atoms with Crippen molar-refractivity contribution in [2.75, 3.05) is 0 Å². The van der Waals surface area contributed by atoms with Crippen LogP contribution in [0.15, 0.2) is 36.4 Å². The van der Waals surface area contributed by atoms with Crippen LogP contribution >= 0.6 is 0 Å². The van der Waals surface area contributed by atoms with Crippen LogP contribution in [0.4, 0.5) is 4.39 Å². The molecule has 96 valence electrons. The number of para-hydroxylation sites is 1. The number of ether oxygens (including phenoxy) is 1. The molecule has 0 aliphatic carbocycles. The molecule has 0 fully saturated rings. The van der Waals surface area contributed by atoms with Crippen LogP contribution in [0.1, 0.15) is 16.7 Å². The molecule has 0 unspecified atom stereocenters. The van der Waals surface area contributed by atoms with E-state index >= 15 is 0 Å². The Morgan fingerprint density at radius 2 is 2.05 bits per heavy atom. The first-order valence-corrected chi connectivity index (χ1v) is 5.92. The third kappa shape index (κ3) is 2.17. The van der Waals surface area contributed by atoms with Gasteiger partial charge in [0.25, 0.3) is 0 Å². The van der Waals surface area contributed by atoms with E-state index in [1.54, 1.807) is 0 Å². The zero-order valence-electron chi connectivity index (χ0n) is 10.0. The van der Waals surface area contributed by atoms with Crippen molar-refractivity contribution >= 4 is 5.97 Å². The van der Waals surface area contributed by atoms with E-state index in [0.29, 0.717) is 23.5 Å². The van der Waals surface area contributed by atoms with Crippen molar-refractivity contribution in [2.45, 2.75) is 12.8 Å². The molecule has 1 N–H and O–H groups in total. The van der Waals surface area contributed by atoms with Crippen molar-refractivity contribution in [1.82, 2.24) is 0 Å². The van der Waals surface area contributed by atoms with Gasteiger partial charge in [-0.2, -0.15) is 0 Å². The molecular weight excluding hydrogens is 247 g/mol. The number of carboxylic acid groups (broad SMARTS) is 1. The van der Waals surface area contributed by atoms with E-state index in [0.717, 1.165) is 11.1 Å². The number of rotatable bonds is 2. The summed E-state index contributed by atoms with van der Waals surface area (Å²) in [5, 5.41) is 8.89. The number of benzene rings is 2. The summed E-state index contributed by atoms with van der Waals surface area (Å²) in [5.74, 6) is -0.349. The van der Waals surface area contributed by atoms with Crippen molar-refractivity contribution in [2.24, 2.45) is 0 Å². The molecular formula is C15H11FO3. The summed E-state index contributed by atoms with van der Waals surface area (Å²) in [4.78, 5) is 10.8. The Balaban J connectivity index is 2.09. The van der Waals surface area contributed by atoms with Gasteiger partial charge >= 0.3 is 5.97 Å². The lowest BCUT2D eigenvalue weighted by Crippen LogP contribution is -2.10. The molecule has 0 atom stereocenters. The van der Waals surface area contributed by atoms with Crippen LogP contribution in [0, 0.1) is 5.82 Å². The Hall–Kier alpha value is -2.36. The highest BCUT2D eigenvalue weighted by Gasteiger charge is 2.21. The van der Waals surface area contributed by atoms with Crippen molar-refractivity contribution < 1.29 is 19.0 Å². The fourth-order valence-electron chi connectivity index (χ4n) is 2.34. The van der Waals surface area contributed by atoms with Crippen LogP contribution in [0.3, 0.4) is 0 Å². The van der Waals surface area contributed by atoms with E-state index in [1.165, 1.54) is 12.1 Å². The van der Waals surface area contributed by atoms with E-state index in [9.17, 15) is 9.18 Å². The summed E-state index contributed by atoms with van der Waals surface area (Å²) in [6.45, 7) is 0. The van der Waals surface area contributed by atoms with E-state index in [1.807, 2.05) is 24.3 Å². The summed E-state index contributed by atoms with van der Waals surface area (Å²) in [5.41, 5.74) is 2.20. The maximum Gasteiger partial charge on any atom is 0.307 e. The first-order chi connectivity index (χ1) is 9.13. The van der Waals surface area contributed by atoms with Gasteiger partial charge in [0.15, 0.2) is 0 Å². The predicted octanol–water partition coefficient (Wildman–Crippen LogP) is 3.15. The molecule has 0 radical (unpaired) electrons. The minimum Gasteiger partial charge on any atom is -0.481 e. The van der Waals surface area contributed by atoms with Crippen LogP contribution in [0.25, 0.3) is 0 Å². The SMILES string of the molecule is O=C(O)Cc1cc(F)cc2c1Cc1ccccc1O2. The average molecular weight is 258 g/mol. The molecule has 1 aliphatic rings. The van der Waals surface area contributed by atoms with Gasteiger partial charge in [-0.1, -0.05) is 18.2 Å². The summed E-state index contributed by atoms with van der Waals surface area (Å²) >= 11 is 0. The largest absolute Gasteiger partial charge is 0.481 e. The first-order valence-electron chi connectivity index (χ1n) is 5.92. The first kappa shape index (κ1) is 11.7. The van der Waals surface area contributed by atoms with Gasteiger partial charge in [-0.3, -0.25) is 4.79 Å². The quantitative estimate of drug-likeness (QED) is 0.768. The van der Waals surface area contributed by atoms with Gasteiger partial charge < -0.3 is 9.84 Å². The fourth-order valence-corrected chi connectivity index (χ4v) is 2.34.